The van der Waals surface area contributed by atoms with Crippen LogP contribution in [0.25, 0.3) is 10.9 Å². The summed E-state index contributed by atoms with van der Waals surface area (Å²) in [4.78, 5) is 15.4. The van der Waals surface area contributed by atoms with Crippen LogP contribution in [0.4, 0.5) is 0 Å². The molecule has 130 valence electrons. The summed E-state index contributed by atoms with van der Waals surface area (Å²) >= 11 is 0. The molecule has 2 aromatic rings. The molecule has 0 amide bonds. The van der Waals surface area contributed by atoms with Crippen LogP contribution < -0.4 is 0 Å². The maximum absolute atomic E-state index is 13.0. The molecule has 0 bridgehead atoms. The number of para-hydroxylation sites is 1. The van der Waals surface area contributed by atoms with Crippen LogP contribution in [0.1, 0.15) is 36.0 Å². The van der Waals surface area contributed by atoms with E-state index >= 15 is 0 Å². The molecule has 1 aliphatic carbocycles. The number of nitriles is 1. The molecular weight excluding hydrogens is 314 g/mol. The van der Waals surface area contributed by atoms with Gasteiger partial charge in [0.2, 0.25) is 0 Å². The number of fused-ring (bicyclic) bond motifs is 2. The fourth-order valence-electron chi connectivity index (χ4n) is 4.30. The first-order chi connectivity index (χ1) is 12.3. The Balaban J connectivity index is 1.58. The number of ketones is 1. The van der Waals surface area contributed by atoms with Crippen LogP contribution in [-0.4, -0.2) is 47.1 Å². The van der Waals surface area contributed by atoms with Crippen LogP contribution in [0.5, 0.6) is 0 Å². The smallest absolute Gasteiger partial charge is 0.178 e. The summed E-state index contributed by atoms with van der Waals surface area (Å²) in [6, 6.07) is 10.5. The molecule has 0 spiro atoms. The van der Waals surface area contributed by atoms with Gasteiger partial charge in [0.25, 0.3) is 0 Å². The first-order valence-corrected chi connectivity index (χ1v) is 9.11. The van der Waals surface area contributed by atoms with Gasteiger partial charge in [0.05, 0.1) is 31.7 Å². The number of aromatic nitrogens is 1. The van der Waals surface area contributed by atoms with E-state index in [-0.39, 0.29) is 5.78 Å². The standard InChI is InChI=1S/C20H23N3O2/c21-9-4-10-22-13-16(15-5-1-2-6-17(15)22)19(24)14-23-11-12-25-20-8-3-7-18(20)23/h1-2,5-6,13,18,20H,3-4,7-8,10-12,14H2/t18-,20+/m0/s1. The zero-order valence-electron chi connectivity index (χ0n) is 14.4. The van der Waals surface area contributed by atoms with E-state index in [0.717, 1.165) is 42.5 Å². The van der Waals surface area contributed by atoms with E-state index in [9.17, 15) is 4.79 Å². The maximum atomic E-state index is 13.0. The van der Waals surface area contributed by atoms with Crippen molar-refractivity contribution in [3.8, 4) is 6.07 Å². The molecule has 5 nitrogen and oxygen atoms in total. The van der Waals surface area contributed by atoms with Crippen LogP contribution in [0, 0.1) is 11.3 Å². The molecule has 2 fully saturated rings. The number of carbonyl (C=O) groups is 1. The number of rotatable bonds is 5. The zero-order chi connectivity index (χ0) is 17.2. The van der Waals surface area contributed by atoms with Crippen LogP contribution in [0.15, 0.2) is 30.5 Å². The number of benzene rings is 1. The van der Waals surface area contributed by atoms with Gasteiger partial charge in [0, 0.05) is 41.8 Å². The van der Waals surface area contributed by atoms with Crippen molar-refractivity contribution in [3.05, 3.63) is 36.0 Å². The van der Waals surface area contributed by atoms with Crippen molar-refractivity contribution in [1.82, 2.24) is 9.47 Å². The van der Waals surface area contributed by atoms with Crippen molar-refractivity contribution in [2.75, 3.05) is 19.7 Å². The van der Waals surface area contributed by atoms with Gasteiger partial charge in [0.15, 0.2) is 5.78 Å². The van der Waals surface area contributed by atoms with Gasteiger partial charge in [-0.05, 0) is 25.3 Å². The number of nitrogens with zero attached hydrogens (tertiary/aromatic N) is 3. The molecule has 0 radical (unpaired) electrons. The van der Waals surface area contributed by atoms with Crippen LogP contribution in [-0.2, 0) is 11.3 Å². The lowest BCUT2D eigenvalue weighted by Crippen LogP contribution is -2.50. The van der Waals surface area contributed by atoms with Crippen LogP contribution in [0.3, 0.4) is 0 Å². The lowest BCUT2D eigenvalue weighted by atomic mass is 10.1. The Labute approximate surface area is 147 Å². The highest BCUT2D eigenvalue weighted by Crippen LogP contribution is 2.30. The van der Waals surface area contributed by atoms with Gasteiger partial charge >= 0.3 is 0 Å². The van der Waals surface area contributed by atoms with Gasteiger partial charge < -0.3 is 9.30 Å². The van der Waals surface area contributed by atoms with Crippen molar-refractivity contribution in [3.63, 3.8) is 0 Å². The average Bonchev–Trinajstić information content (AvgIpc) is 3.25. The van der Waals surface area contributed by atoms with E-state index in [1.54, 1.807) is 0 Å². The summed E-state index contributed by atoms with van der Waals surface area (Å²) in [5.74, 6) is 0.166. The third kappa shape index (κ3) is 3.08. The third-order valence-corrected chi connectivity index (χ3v) is 5.50. The summed E-state index contributed by atoms with van der Waals surface area (Å²) < 4.78 is 7.88. The Hall–Kier alpha value is -2.16. The molecule has 1 saturated carbocycles. The van der Waals surface area contributed by atoms with Crippen molar-refractivity contribution in [2.24, 2.45) is 0 Å². The van der Waals surface area contributed by atoms with Crippen molar-refractivity contribution >= 4 is 16.7 Å². The monoisotopic (exact) mass is 337 g/mol. The Morgan fingerprint density at radius 1 is 1.32 bits per heavy atom. The van der Waals surface area contributed by atoms with E-state index in [4.69, 9.17) is 10.00 Å². The highest BCUT2D eigenvalue weighted by molar-refractivity contribution is 6.09. The van der Waals surface area contributed by atoms with Crippen molar-refractivity contribution in [2.45, 2.75) is 44.4 Å². The predicted octanol–water partition coefficient (Wildman–Crippen LogP) is 2.99. The molecule has 4 rings (SSSR count). The van der Waals surface area contributed by atoms with Crippen LogP contribution in [0.2, 0.25) is 0 Å². The maximum Gasteiger partial charge on any atom is 0.178 e. The normalized spacial score (nSPS) is 23.5. The fourth-order valence-corrected chi connectivity index (χ4v) is 4.30. The number of carbonyl (C=O) groups excluding carboxylic acids is 1. The number of ether oxygens (including phenoxy) is 1. The molecular formula is C20H23N3O2. The molecule has 0 N–H and O–H groups in total. The Morgan fingerprint density at radius 3 is 3.08 bits per heavy atom. The Morgan fingerprint density at radius 2 is 2.20 bits per heavy atom. The van der Waals surface area contributed by atoms with E-state index in [1.807, 2.05) is 35.0 Å². The van der Waals surface area contributed by atoms with E-state index < -0.39 is 0 Å². The molecule has 2 atom stereocenters. The number of Topliss-reactive ketones (excluding diaryl/α,β-unsaturated/α-hetero) is 1. The van der Waals surface area contributed by atoms with Crippen molar-refractivity contribution < 1.29 is 9.53 Å². The first kappa shape index (κ1) is 16.3. The van der Waals surface area contributed by atoms with E-state index in [1.165, 1.54) is 6.42 Å². The number of morpholine rings is 1. The second-order valence-corrected chi connectivity index (χ2v) is 6.96. The molecule has 2 heterocycles. The molecule has 25 heavy (non-hydrogen) atoms. The highest BCUT2D eigenvalue weighted by Gasteiger charge is 2.36. The molecule has 1 aliphatic heterocycles. The zero-order valence-corrected chi connectivity index (χ0v) is 14.4. The molecule has 1 aromatic heterocycles. The summed E-state index contributed by atoms with van der Waals surface area (Å²) in [5.41, 5.74) is 1.80. The minimum absolute atomic E-state index is 0.166. The van der Waals surface area contributed by atoms with Gasteiger partial charge in [-0.25, -0.2) is 0 Å². The lowest BCUT2D eigenvalue weighted by molar-refractivity contribution is -0.0522. The predicted molar refractivity (Wildman–Crippen MR) is 95.5 cm³/mol. The summed E-state index contributed by atoms with van der Waals surface area (Å²) in [5, 5.41) is 9.86. The van der Waals surface area contributed by atoms with E-state index in [0.29, 0.717) is 31.7 Å². The van der Waals surface area contributed by atoms with Crippen molar-refractivity contribution in [1.29, 1.82) is 5.26 Å². The SMILES string of the molecule is N#CCCn1cc(C(=O)CN2CCO[C@@H]3CCC[C@@H]32)c2ccccc21. The van der Waals surface area contributed by atoms with Gasteiger partial charge in [-0.1, -0.05) is 18.2 Å². The lowest BCUT2D eigenvalue weighted by Gasteiger charge is -2.37. The topological polar surface area (TPSA) is 58.3 Å². The largest absolute Gasteiger partial charge is 0.375 e. The number of hydrogen-bond acceptors (Lipinski definition) is 4. The molecule has 0 unspecified atom stereocenters. The fraction of sp³-hybridized carbons (Fsp3) is 0.500. The molecule has 2 aliphatic rings. The summed E-state index contributed by atoms with van der Waals surface area (Å²) in [7, 11) is 0. The molecule has 5 heteroatoms. The average molecular weight is 337 g/mol. The Bertz CT molecular complexity index is 820. The van der Waals surface area contributed by atoms with Gasteiger partial charge in [-0.15, -0.1) is 0 Å². The summed E-state index contributed by atoms with van der Waals surface area (Å²) in [6.07, 6.45) is 6.10. The van der Waals surface area contributed by atoms with E-state index in [2.05, 4.69) is 11.0 Å². The third-order valence-electron chi connectivity index (χ3n) is 5.50. The van der Waals surface area contributed by atoms with Gasteiger partial charge in [-0.3, -0.25) is 9.69 Å². The van der Waals surface area contributed by atoms with Gasteiger partial charge in [0.1, 0.15) is 0 Å². The van der Waals surface area contributed by atoms with Crippen LogP contribution >= 0.6 is 0 Å². The highest BCUT2D eigenvalue weighted by atomic mass is 16.5. The minimum Gasteiger partial charge on any atom is -0.375 e. The Kier molecular flexibility index (Phi) is 4.56. The second-order valence-electron chi connectivity index (χ2n) is 6.96. The minimum atomic E-state index is 0.166. The van der Waals surface area contributed by atoms with Gasteiger partial charge in [-0.2, -0.15) is 5.26 Å². The number of hydrogen-bond donors (Lipinski definition) is 0. The number of aryl methyl sites for hydroxylation is 1. The summed E-state index contributed by atoms with van der Waals surface area (Å²) in [6.45, 7) is 2.63. The first-order valence-electron chi connectivity index (χ1n) is 9.11. The quantitative estimate of drug-likeness (QED) is 0.787. The molecule has 1 aromatic carbocycles. The molecule has 1 saturated heterocycles. The second kappa shape index (κ2) is 6.99.